The van der Waals surface area contributed by atoms with Gasteiger partial charge in [-0.1, -0.05) is 25.4 Å². The average molecular weight is 338 g/mol. The summed E-state index contributed by atoms with van der Waals surface area (Å²) in [5.74, 6) is -1.11. The second-order valence-corrected chi connectivity index (χ2v) is 9.34. The van der Waals surface area contributed by atoms with E-state index in [2.05, 4.69) is 0 Å². The SMILES string of the molecule is CC1(C)CCCN(S(=O)(=O)c2ccc(Cl)s2)C1C(=O)O. The molecular formula is C12H16ClNO4S2. The van der Waals surface area contributed by atoms with Gasteiger partial charge in [-0.05, 0) is 30.4 Å². The second-order valence-electron chi connectivity index (χ2n) is 5.51. The van der Waals surface area contributed by atoms with Gasteiger partial charge in [-0.25, -0.2) is 8.42 Å². The van der Waals surface area contributed by atoms with Crippen molar-refractivity contribution in [2.75, 3.05) is 6.54 Å². The number of halogens is 1. The van der Waals surface area contributed by atoms with Crippen molar-refractivity contribution in [1.82, 2.24) is 4.31 Å². The summed E-state index contributed by atoms with van der Waals surface area (Å²) in [4.78, 5) is 11.5. The molecule has 0 aromatic carbocycles. The summed E-state index contributed by atoms with van der Waals surface area (Å²) in [5.41, 5.74) is -0.599. The van der Waals surface area contributed by atoms with Gasteiger partial charge in [0.15, 0.2) is 0 Å². The van der Waals surface area contributed by atoms with Gasteiger partial charge in [-0.2, -0.15) is 4.31 Å². The molecule has 8 heteroatoms. The minimum absolute atomic E-state index is 0.0893. The Morgan fingerprint density at radius 2 is 2.15 bits per heavy atom. The average Bonchev–Trinajstić information content (AvgIpc) is 2.74. The van der Waals surface area contributed by atoms with E-state index < -0.39 is 27.4 Å². The van der Waals surface area contributed by atoms with Gasteiger partial charge < -0.3 is 5.11 Å². The van der Waals surface area contributed by atoms with Crippen molar-refractivity contribution in [2.45, 2.75) is 36.9 Å². The highest BCUT2D eigenvalue weighted by Gasteiger charge is 2.47. The normalized spacial score (nSPS) is 23.6. The predicted octanol–water partition coefficient (Wildman–Crippen LogP) is 2.67. The molecule has 0 aliphatic carbocycles. The third kappa shape index (κ3) is 2.72. The summed E-state index contributed by atoms with van der Waals surface area (Å²) in [6, 6.07) is 1.87. The Morgan fingerprint density at radius 3 is 2.65 bits per heavy atom. The molecule has 5 nitrogen and oxygen atoms in total. The van der Waals surface area contributed by atoms with Crippen LogP contribution in [0, 0.1) is 5.41 Å². The van der Waals surface area contributed by atoms with Gasteiger partial charge in [-0.3, -0.25) is 4.79 Å². The molecule has 1 aliphatic rings. The smallest absolute Gasteiger partial charge is 0.322 e. The molecule has 2 heterocycles. The third-order valence-corrected chi connectivity index (χ3v) is 7.14. The molecule has 0 spiro atoms. The molecule has 0 bridgehead atoms. The number of nitrogens with zero attached hydrogens (tertiary/aromatic N) is 1. The Hall–Kier alpha value is -0.630. The molecule has 1 fully saturated rings. The van der Waals surface area contributed by atoms with E-state index >= 15 is 0 Å². The zero-order valence-electron chi connectivity index (χ0n) is 11.2. The van der Waals surface area contributed by atoms with Crippen molar-refractivity contribution in [3.63, 3.8) is 0 Å². The van der Waals surface area contributed by atoms with Gasteiger partial charge in [0, 0.05) is 6.54 Å². The first-order chi connectivity index (χ1) is 9.16. The van der Waals surface area contributed by atoms with Crippen molar-refractivity contribution in [1.29, 1.82) is 0 Å². The van der Waals surface area contributed by atoms with E-state index in [1.807, 2.05) is 0 Å². The highest BCUT2D eigenvalue weighted by molar-refractivity contribution is 7.91. The van der Waals surface area contributed by atoms with Gasteiger partial charge in [-0.15, -0.1) is 11.3 Å². The van der Waals surface area contributed by atoms with Crippen molar-refractivity contribution < 1.29 is 18.3 Å². The number of piperidine rings is 1. The summed E-state index contributed by atoms with van der Waals surface area (Å²) >= 11 is 6.72. The summed E-state index contributed by atoms with van der Waals surface area (Å²) in [5, 5.41) is 9.43. The fraction of sp³-hybridized carbons (Fsp3) is 0.583. The number of aliphatic carboxylic acids is 1. The third-order valence-electron chi connectivity index (χ3n) is 3.57. The van der Waals surface area contributed by atoms with Crippen LogP contribution in [0.4, 0.5) is 0 Å². The van der Waals surface area contributed by atoms with Crippen molar-refractivity contribution in [3.8, 4) is 0 Å². The summed E-state index contributed by atoms with van der Waals surface area (Å²) in [6.07, 6.45) is 1.33. The van der Waals surface area contributed by atoms with E-state index in [0.29, 0.717) is 17.2 Å². The molecule has 0 saturated carbocycles. The molecular weight excluding hydrogens is 322 g/mol. The van der Waals surface area contributed by atoms with Crippen molar-refractivity contribution in [2.24, 2.45) is 5.41 Å². The molecule has 2 rings (SSSR count). The number of hydrogen-bond acceptors (Lipinski definition) is 4. The first-order valence-corrected chi connectivity index (χ1v) is 8.80. The van der Waals surface area contributed by atoms with Gasteiger partial charge in [0.2, 0.25) is 0 Å². The lowest BCUT2D eigenvalue weighted by Gasteiger charge is -2.42. The number of carboxylic acid groups (broad SMARTS) is 1. The summed E-state index contributed by atoms with van der Waals surface area (Å²) < 4.78 is 26.8. The molecule has 112 valence electrons. The summed E-state index contributed by atoms with van der Waals surface area (Å²) in [7, 11) is -3.82. The standard InChI is InChI=1S/C12H16ClNO4S2/c1-12(2)6-3-7-14(10(12)11(15)16)20(17,18)9-5-4-8(13)19-9/h4-5,10H,3,6-7H2,1-2H3,(H,15,16). The van der Waals surface area contributed by atoms with Crippen LogP contribution in [0.2, 0.25) is 4.34 Å². The van der Waals surface area contributed by atoms with Crippen LogP contribution in [0.15, 0.2) is 16.3 Å². The minimum atomic E-state index is -3.82. The van der Waals surface area contributed by atoms with Crippen LogP contribution in [0.3, 0.4) is 0 Å². The lowest BCUT2D eigenvalue weighted by Crippen LogP contribution is -2.56. The van der Waals surface area contributed by atoms with Crippen LogP contribution < -0.4 is 0 Å². The molecule has 1 N–H and O–H groups in total. The van der Waals surface area contributed by atoms with Crippen LogP contribution in [0.5, 0.6) is 0 Å². The maximum atomic E-state index is 12.6. The zero-order valence-corrected chi connectivity index (χ0v) is 13.6. The van der Waals surface area contributed by atoms with E-state index in [1.165, 1.54) is 12.1 Å². The Balaban J connectivity index is 2.46. The molecule has 1 aliphatic heterocycles. The molecule has 0 amide bonds. The lowest BCUT2D eigenvalue weighted by molar-refractivity contribution is -0.147. The monoisotopic (exact) mass is 337 g/mol. The Kier molecular flexibility index (Phi) is 4.17. The molecule has 1 aromatic rings. The zero-order chi connectivity index (χ0) is 15.1. The molecule has 20 heavy (non-hydrogen) atoms. The molecule has 1 saturated heterocycles. The van der Waals surface area contributed by atoms with E-state index in [1.54, 1.807) is 13.8 Å². The van der Waals surface area contributed by atoms with E-state index in [4.69, 9.17) is 11.6 Å². The van der Waals surface area contributed by atoms with Crippen molar-refractivity contribution in [3.05, 3.63) is 16.5 Å². The van der Waals surface area contributed by atoms with Crippen LogP contribution in [0.1, 0.15) is 26.7 Å². The highest BCUT2D eigenvalue weighted by atomic mass is 35.5. The first-order valence-electron chi connectivity index (χ1n) is 6.16. The van der Waals surface area contributed by atoms with Crippen LogP contribution in [-0.4, -0.2) is 36.4 Å². The van der Waals surface area contributed by atoms with Crippen LogP contribution in [0.25, 0.3) is 0 Å². The number of carboxylic acids is 1. The maximum Gasteiger partial charge on any atom is 0.322 e. The first kappa shape index (κ1) is 15.8. The predicted molar refractivity (Wildman–Crippen MR) is 77.7 cm³/mol. The van der Waals surface area contributed by atoms with Gasteiger partial charge in [0.1, 0.15) is 10.3 Å². The summed E-state index contributed by atoms with van der Waals surface area (Å²) in [6.45, 7) is 3.79. The number of carbonyl (C=O) groups is 1. The Morgan fingerprint density at radius 1 is 1.50 bits per heavy atom. The van der Waals surface area contributed by atoms with Crippen LogP contribution >= 0.6 is 22.9 Å². The molecule has 0 radical (unpaired) electrons. The van der Waals surface area contributed by atoms with Crippen molar-refractivity contribution >= 4 is 38.9 Å². The van der Waals surface area contributed by atoms with E-state index in [9.17, 15) is 18.3 Å². The number of sulfonamides is 1. The quantitative estimate of drug-likeness (QED) is 0.920. The number of thiophene rings is 1. The molecule has 1 unspecified atom stereocenters. The fourth-order valence-electron chi connectivity index (χ4n) is 2.61. The Labute approximate surface area is 127 Å². The highest BCUT2D eigenvalue weighted by Crippen LogP contribution is 2.39. The van der Waals surface area contributed by atoms with E-state index in [0.717, 1.165) is 15.6 Å². The number of rotatable bonds is 3. The van der Waals surface area contributed by atoms with Gasteiger partial charge in [0.05, 0.1) is 4.34 Å². The van der Waals surface area contributed by atoms with E-state index in [-0.39, 0.29) is 10.8 Å². The van der Waals surface area contributed by atoms with Gasteiger partial charge >= 0.3 is 5.97 Å². The van der Waals surface area contributed by atoms with Crippen LogP contribution in [-0.2, 0) is 14.8 Å². The fourth-order valence-corrected chi connectivity index (χ4v) is 6.00. The van der Waals surface area contributed by atoms with Gasteiger partial charge in [0.25, 0.3) is 10.0 Å². The number of hydrogen-bond donors (Lipinski definition) is 1. The largest absolute Gasteiger partial charge is 0.480 e. The Bertz CT molecular complexity index is 623. The topological polar surface area (TPSA) is 74.7 Å². The minimum Gasteiger partial charge on any atom is -0.480 e. The molecule has 1 atom stereocenters. The maximum absolute atomic E-state index is 12.6. The lowest BCUT2D eigenvalue weighted by atomic mass is 9.77. The second kappa shape index (κ2) is 5.29. The molecule has 1 aromatic heterocycles.